The summed E-state index contributed by atoms with van der Waals surface area (Å²) in [5.74, 6) is 0.777. The molecule has 0 spiro atoms. The lowest BCUT2D eigenvalue weighted by Gasteiger charge is -2.25. The average Bonchev–Trinajstić information content (AvgIpc) is 3.39. The van der Waals surface area contributed by atoms with Crippen LogP contribution in [0.25, 0.3) is 17.1 Å². The minimum absolute atomic E-state index is 0.0457. The number of hydrogen-bond acceptors (Lipinski definition) is 9. The lowest BCUT2D eigenvalue weighted by Crippen LogP contribution is -2.32. The van der Waals surface area contributed by atoms with Gasteiger partial charge in [-0.15, -0.1) is 0 Å². The normalized spacial score (nSPS) is 15.7. The monoisotopic (exact) mass is 679 g/mol. The number of fused-ring (bicyclic) bond motifs is 2. The van der Waals surface area contributed by atoms with Crippen molar-refractivity contribution in [2.75, 3.05) is 28.6 Å². The second-order valence-corrected chi connectivity index (χ2v) is 15.6. The van der Waals surface area contributed by atoms with Crippen molar-refractivity contribution in [3.63, 3.8) is 0 Å². The zero-order valence-corrected chi connectivity index (χ0v) is 27.3. The molecule has 14 nitrogen and oxygen atoms in total. The van der Waals surface area contributed by atoms with Crippen molar-refractivity contribution < 1.29 is 38.9 Å². The molecule has 0 radical (unpaired) electrons. The first-order valence-electron chi connectivity index (χ1n) is 13.9. The molecule has 2 aromatic carbocycles. The van der Waals surface area contributed by atoms with Crippen molar-refractivity contribution >= 4 is 58.7 Å². The predicted molar refractivity (Wildman–Crippen MR) is 170 cm³/mol. The molecule has 4 rings (SSSR count). The number of nitriles is 1. The Labute approximate surface area is 262 Å². The summed E-state index contributed by atoms with van der Waals surface area (Å²) in [5, 5.41) is 13.8. The number of rotatable bonds is 12. The third kappa shape index (κ3) is 7.54. The van der Waals surface area contributed by atoms with Crippen molar-refractivity contribution in [2.45, 2.75) is 43.4 Å². The van der Waals surface area contributed by atoms with Gasteiger partial charge in [0.15, 0.2) is 11.0 Å². The van der Waals surface area contributed by atoms with Crippen molar-refractivity contribution in [2.24, 2.45) is 12.2 Å². The number of benzene rings is 2. The van der Waals surface area contributed by atoms with Gasteiger partial charge in [0.1, 0.15) is 5.82 Å². The van der Waals surface area contributed by atoms with Crippen LogP contribution >= 0.6 is 0 Å². The third-order valence-corrected chi connectivity index (χ3v) is 10.6. The standard InChI is InChI=1S/C28H34N6O8S3/c1-4-32-24-11-9-21(19-29)17-25(24)34(15-13-20(2)45(40,41)42)28(32)8-5-7-27-31(3)23-12-10-22(44(30,38)39)18-26(23)33(27)14-6-16-43(35,36)37/h5,7-12,17-18,20H,4,6,13-16H2,1-3H3,(H3-,30,35,36,37,38,39,40,41,42)/p+1. The molecule has 2 heterocycles. The van der Waals surface area contributed by atoms with Crippen molar-refractivity contribution in [3.05, 3.63) is 65.8 Å². The van der Waals surface area contributed by atoms with Crippen LogP contribution in [0.15, 0.2) is 59.3 Å². The summed E-state index contributed by atoms with van der Waals surface area (Å²) < 4.78 is 92.7. The fourth-order valence-electron chi connectivity index (χ4n) is 5.31. The molecule has 0 saturated heterocycles. The Balaban J connectivity index is 1.81. The lowest BCUT2D eigenvalue weighted by atomic mass is 10.1. The van der Waals surface area contributed by atoms with E-state index in [9.17, 15) is 39.6 Å². The highest BCUT2D eigenvalue weighted by molar-refractivity contribution is 7.89. The molecule has 1 aliphatic rings. The minimum atomic E-state index is -4.26. The summed E-state index contributed by atoms with van der Waals surface area (Å²) >= 11 is 0. The second kappa shape index (κ2) is 12.9. The van der Waals surface area contributed by atoms with E-state index in [4.69, 9.17) is 5.14 Å². The number of aromatic nitrogens is 2. The van der Waals surface area contributed by atoms with E-state index in [0.717, 1.165) is 5.69 Å². The first-order chi connectivity index (χ1) is 21.0. The van der Waals surface area contributed by atoms with Gasteiger partial charge in [0.2, 0.25) is 10.0 Å². The molecule has 0 bridgehead atoms. The Kier molecular flexibility index (Phi) is 9.78. The number of anilines is 2. The van der Waals surface area contributed by atoms with E-state index in [1.807, 2.05) is 28.9 Å². The molecular weight excluding hydrogens is 645 g/mol. The Morgan fingerprint density at radius 2 is 1.73 bits per heavy atom. The van der Waals surface area contributed by atoms with Gasteiger partial charge in [-0.25, -0.2) is 22.7 Å². The molecule has 1 unspecified atom stereocenters. The zero-order chi connectivity index (χ0) is 33.3. The van der Waals surface area contributed by atoms with Crippen LogP contribution in [-0.4, -0.2) is 63.0 Å². The number of nitrogens with two attached hydrogens (primary N) is 1. The SMILES string of the molecule is CCN1C(=CC=Cc2n(CCCS(=O)(=O)O)c3cc(S(N)(=O)=O)ccc3[n+]2C)N(CCC(C)S(=O)(=O)O)c2cc(C#N)ccc21. The maximum absolute atomic E-state index is 12.1. The van der Waals surface area contributed by atoms with Crippen LogP contribution in [0, 0.1) is 11.3 Å². The van der Waals surface area contributed by atoms with Gasteiger partial charge in [-0.05, 0) is 56.7 Å². The van der Waals surface area contributed by atoms with Gasteiger partial charge >= 0.3 is 0 Å². The number of allylic oxidation sites excluding steroid dienone is 2. The number of imidazole rings is 1. The third-order valence-electron chi connectivity index (χ3n) is 7.65. The van der Waals surface area contributed by atoms with E-state index >= 15 is 0 Å². The van der Waals surface area contributed by atoms with Crippen molar-refractivity contribution in [3.8, 4) is 6.07 Å². The maximum Gasteiger partial charge on any atom is 0.282 e. The van der Waals surface area contributed by atoms with E-state index in [1.165, 1.54) is 19.1 Å². The molecule has 0 aliphatic carbocycles. The van der Waals surface area contributed by atoms with Gasteiger partial charge in [0, 0.05) is 31.7 Å². The lowest BCUT2D eigenvalue weighted by molar-refractivity contribution is -0.647. The Morgan fingerprint density at radius 3 is 2.33 bits per heavy atom. The van der Waals surface area contributed by atoms with E-state index < -0.39 is 41.3 Å². The molecule has 1 atom stereocenters. The fraction of sp³-hybridized carbons (Fsp3) is 0.357. The molecular formula is C28H35N6O8S3+. The van der Waals surface area contributed by atoms with E-state index in [2.05, 4.69) is 6.07 Å². The summed E-state index contributed by atoms with van der Waals surface area (Å²) in [4.78, 5) is 3.76. The van der Waals surface area contributed by atoms with Crippen LogP contribution in [0.3, 0.4) is 0 Å². The molecule has 242 valence electrons. The van der Waals surface area contributed by atoms with Crippen LogP contribution < -0.4 is 19.5 Å². The summed E-state index contributed by atoms with van der Waals surface area (Å²) in [6, 6.07) is 11.7. The highest BCUT2D eigenvalue weighted by Gasteiger charge is 2.32. The fourth-order valence-corrected chi connectivity index (χ4v) is 6.74. The quantitative estimate of drug-likeness (QED) is 0.187. The maximum atomic E-state index is 12.1. The van der Waals surface area contributed by atoms with Gasteiger partial charge in [-0.1, -0.05) is 6.08 Å². The number of primary sulfonamides is 1. The van der Waals surface area contributed by atoms with E-state index in [1.54, 1.807) is 46.5 Å². The first-order valence-corrected chi connectivity index (χ1v) is 18.6. The molecule has 17 heteroatoms. The molecule has 4 N–H and O–H groups in total. The highest BCUT2D eigenvalue weighted by Crippen LogP contribution is 2.42. The van der Waals surface area contributed by atoms with Gasteiger partial charge in [-0.2, -0.15) is 22.1 Å². The summed E-state index contributed by atoms with van der Waals surface area (Å²) in [5.41, 5.74) is 3.08. The van der Waals surface area contributed by atoms with E-state index in [0.29, 0.717) is 40.5 Å². The van der Waals surface area contributed by atoms with Crippen LogP contribution in [-0.2, 0) is 43.9 Å². The Morgan fingerprint density at radius 1 is 1.02 bits per heavy atom. The van der Waals surface area contributed by atoms with Crippen LogP contribution in [0.2, 0.25) is 0 Å². The van der Waals surface area contributed by atoms with Gasteiger partial charge in [0.05, 0.1) is 52.5 Å². The number of nitrogens with zero attached hydrogens (tertiary/aromatic N) is 5. The predicted octanol–water partition coefficient (Wildman–Crippen LogP) is 2.13. The second-order valence-electron chi connectivity index (χ2n) is 10.6. The van der Waals surface area contributed by atoms with Gasteiger partial charge < -0.3 is 9.80 Å². The van der Waals surface area contributed by atoms with E-state index in [-0.39, 0.29) is 30.8 Å². The molecule has 0 amide bonds. The largest absolute Gasteiger partial charge is 0.326 e. The molecule has 3 aromatic rings. The average molecular weight is 680 g/mol. The Hall–Kier alpha value is -3.79. The first kappa shape index (κ1) is 34.1. The number of hydrogen-bond donors (Lipinski definition) is 3. The number of aryl methyl sites for hydroxylation is 2. The number of sulfonamides is 1. The van der Waals surface area contributed by atoms with Crippen LogP contribution in [0.1, 0.15) is 38.1 Å². The van der Waals surface area contributed by atoms with Crippen molar-refractivity contribution in [1.29, 1.82) is 5.26 Å². The van der Waals surface area contributed by atoms with Crippen LogP contribution in [0.5, 0.6) is 0 Å². The summed E-state index contributed by atoms with van der Waals surface area (Å²) in [7, 11) is -10.7. The topological polar surface area (TPSA) is 208 Å². The molecule has 45 heavy (non-hydrogen) atoms. The highest BCUT2D eigenvalue weighted by atomic mass is 32.2. The minimum Gasteiger partial charge on any atom is -0.326 e. The Bertz CT molecular complexity index is 2060. The summed E-state index contributed by atoms with van der Waals surface area (Å²) in [6.07, 6.45) is 5.47. The smallest absolute Gasteiger partial charge is 0.282 e. The van der Waals surface area contributed by atoms with Gasteiger partial charge in [0.25, 0.3) is 26.1 Å². The van der Waals surface area contributed by atoms with Crippen molar-refractivity contribution in [1.82, 2.24) is 4.57 Å². The van der Waals surface area contributed by atoms with Crippen LogP contribution in [0.4, 0.5) is 11.4 Å². The summed E-state index contributed by atoms with van der Waals surface area (Å²) in [6.45, 7) is 4.26. The zero-order valence-electron chi connectivity index (χ0n) is 24.9. The molecule has 1 aromatic heterocycles. The molecule has 1 aliphatic heterocycles. The van der Waals surface area contributed by atoms with Gasteiger partial charge in [-0.3, -0.25) is 9.11 Å². The molecule has 0 saturated carbocycles. The molecule has 0 fully saturated rings.